The molecule has 0 spiro atoms. The summed E-state index contributed by atoms with van der Waals surface area (Å²) < 4.78 is 7.29. The van der Waals surface area contributed by atoms with Crippen molar-refractivity contribution in [1.29, 1.82) is 0 Å². The maximum Gasteiger partial charge on any atom is 0.260 e. The number of piperazine rings is 1. The van der Waals surface area contributed by atoms with E-state index in [0.29, 0.717) is 13.1 Å². The molecule has 6 heteroatoms. The van der Waals surface area contributed by atoms with Crippen molar-refractivity contribution >= 4 is 12.0 Å². The van der Waals surface area contributed by atoms with Gasteiger partial charge in [0.2, 0.25) is 5.43 Å². The van der Waals surface area contributed by atoms with Crippen LogP contribution in [0.1, 0.15) is 11.3 Å². The standard InChI is InChI=1S/C22H27N3O3/c1-18-15-20(26)21(16-23(18)2)28-17-22(27)25-13-11-24(12-14-25)10-6-9-19-7-4-3-5-8-19/h3-9,15-16H,10-14,17H2,1-2H3/b9-6+. The number of hydrogen-bond donors (Lipinski definition) is 0. The van der Waals surface area contributed by atoms with Crippen molar-refractivity contribution in [3.8, 4) is 5.75 Å². The zero-order chi connectivity index (χ0) is 19.9. The van der Waals surface area contributed by atoms with E-state index in [2.05, 4.69) is 29.2 Å². The predicted octanol–water partition coefficient (Wildman–Crippen LogP) is 1.93. The highest BCUT2D eigenvalue weighted by Crippen LogP contribution is 2.07. The molecule has 0 radical (unpaired) electrons. The van der Waals surface area contributed by atoms with Crippen molar-refractivity contribution in [2.24, 2.45) is 7.05 Å². The number of carbonyl (C=O) groups is 1. The Labute approximate surface area is 165 Å². The highest BCUT2D eigenvalue weighted by molar-refractivity contribution is 5.77. The van der Waals surface area contributed by atoms with E-state index in [1.807, 2.05) is 36.7 Å². The van der Waals surface area contributed by atoms with Crippen LogP contribution in [0.2, 0.25) is 0 Å². The minimum atomic E-state index is -0.196. The molecular formula is C22H27N3O3. The Hall–Kier alpha value is -2.86. The molecule has 0 saturated carbocycles. The largest absolute Gasteiger partial charge is 0.478 e. The Bertz CT molecular complexity index is 882. The third kappa shape index (κ3) is 5.33. The van der Waals surface area contributed by atoms with Crippen molar-refractivity contribution in [2.75, 3.05) is 39.3 Å². The summed E-state index contributed by atoms with van der Waals surface area (Å²) in [6, 6.07) is 11.7. The van der Waals surface area contributed by atoms with Gasteiger partial charge in [-0.25, -0.2) is 0 Å². The Balaban J connectivity index is 1.43. The van der Waals surface area contributed by atoms with E-state index in [4.69, 9.17) is 4.74 Å². The first kappa shape index (κ1) is 19.9. The second-order valence-corrected chi connectivity index (χ2v) is 7.04. The van der Waals surface area contributed by atoms with Crippen molar-refractivity contribution < 1.29 is 9.53 Å². The Kier molecular flexibility index (Phi) is 6.66. The van der Waals surface area contributed by atoms with Crippen LogP contribution in [0.25, 0.3) is 6.08 Å². The van der Waals surface area contributed by atoms with Crippen molar-refractivity contribution in [2.45, 2.75) is 6.92 Å². The monoisotopic (exact) mass is 381 g/mol. The molecule has 1 aliphatic heterocycles. The maximum absolute atomic E-state index is 12.4. The molecule has 2 heterocycles. The molecule has 1 aromatic carbocycles. The van der Waals surface area contributed by atoms with Crippen LogP contribution < -0.4 is 10.2 Å². The second kappa shape index (κ2) is 9.37. The SMILES string of the molecule is Cc1cc(=O)c(OCC(=O)N2CCN(C/C=C/c3ccccc3)CC2)cn1C. The first-order valence-corrected chi connectivity index (χ1v) is 9.55. The van der Waals surface area contributed by atoms with E-state index in [0.717, 1.165) is 25.3 Å². The number of aromatic nitrogens is 1. The van der Waals surface area contributed by atoms with E-state index in [1.54, 1.807) is 11.1 Å². The Morgan fingerprint density at radius 1 is 1.14 bits per heavy atom. The molecule has 0 atom stereocenters. The van der Waals surface area contributed by atoms with E-state index in [-0.39, 0.29) is 23.7 Å². The normalized spacial score (nSPS) is 15.1. The molecule has 0 aliphatic carbocycles. The number of rotatable bonds is 6. The molecule has 0 N–H and O–H groups in total. The molecule has 28 heavy (non-hydrogen) atoms. The summed E-state index contributed by atoms with van der Waals surface area (Å²) >= 11 is 0. The van der Waals surface area contributed by atoms with E-state index < -0.39 is 0 Å². The second-order valence-electron chi connectivity index (χ2n) is 7.04. The number of pyridine rings is 1. The van der Waals surface area contributed by atoms with Crippen molar-refractivity contribution in [3.05, 3.63) is 70.2 Å². The molecule has 2 aromatic rings. The average Bonchev–Trinajstić information content (AvgIpc) is 2.71. The van der Waals surface area contributed by atoms with Gasteiger partial charge in [-0.1, -0.05) is 42.5 Å². The van der Waals surface area contributed by atoms with Crippen LogP contribution in [0.4, 0.5) is 0 Å². The summed E-state index contributed by atoms with van der Waals surface area (Å²) in [6.07, 6.45) is 5.90. The Morgan fingerprint density at radius 3 is 2.57 bits per heavy atom. The Morgan fingerprint density at radius 2 is 1.86 bits per heavy atom. The molecule has 0 unspecified atom stereocenters. The van der Waals surface area contributed by atoms with Crippen LogP contribution in [0.5, 0.6) is 5.75 Å². The number of carbonyl (C=O) groups excluding carboxylic acids is 1. The van der Waals surface area contributed by atoms with E-state index in [1.165, 1.54) is 11.6 Å². The van der Waals surface area contributed by atoms with Crippen LogP contribution >= 0.6 is 0 Å². The molecule has 148 valence electrons. The number of amides is 1. The maximum atomic E-state index is 12.4. The smallest absolute Gasteiger partial charge is 0.260 e. The lowest BCUT2D eigenvalue weighted by Crippen LogP contribution is -2.49. The molecular weight excluding hydrogens is 354 g/mol. The van der Waals surface area contributed by atoms with Crippen LogP contribution in [0.3, 0.4) is 0 Å². The van der Waals surface area contributed by atoms with Gasteiger partial charge in [0.15, 0.2) is 12.4 Å². The molecule has 1 fully saturated rings. The highest BCUT2D eigenvalue weighted by Gasteiger charge is 2.21. The van der Waals surface area contributed by atoms with Crippen molar-refractivity contribution in [3.63, 3.8) is 0 Å². The molecule has 1 saturated heterocycles. The van der Waals surface area contributed by atoms with Gasteiger partial charge in [0.25, 0.3) is 5.91 Å². The lowest BCUT2D eigenvalue weighted by molar-refractivity contribution is -0.135. The molecule has 3 rings (SSSR count). The van der Waals surface area contributed by atoms with Gasteiger partial charge < -0.3 is 14.2 Å². The van der Waals surface area contributed by atoms with Crippen LogP contribution in [-0.4, -0.2) is 59.6 Å². The molecule has 0 bridgehead atoms. The minimum Gasteiger partial charge on any atom is -0.478 e. The topological polar surface area (TPSA) is 54.8 Å². The van der Waals surface area contributed by atoms with Gasteiger partial charge in [-0.2, -0.15) is 0 Å². The number of nitrogens with zero attached hydrogens (tertiary/aromatic N) is 3. The first-order chi connectivity index (χ1) is 13.5. The summed E-state index contributed by atoms with van der Waals surface area (Å²) in [5, 5.41) is 0. The zero-order valence-corrected chi connectivity index (χ0v) is 16.5. The van der Waals surface area contributed by atoms with Crippen LogP contribution in [-0.2, 0) is 11.8 Å². The third-order valence-corrected chi connectivity index (χ3v) is 5.00. The van der Waals surface area contributed by atoms with Crippen LogP contribution in [0.15, 0.2) is 53.5 Å². The van der Waals surface area contributed by atoms with Crippen LogP contribution in [0, 0.1) is 6.92 Å². The summed E-state index contributed by atoms with van der Waals surface area (Å²) in [7, 11) is 1.84. The fraction of sp³-hybridized carbons (Fsp3) is 0.364. The van der Waals surface area contributed by atoms with Gasteiger partial charge in [-0.05, 0) is 12.5 Å². The van der Waals surface area contributed by atoms with Gasteiger partial charge in [-0.15, -0.1) is 0 Å². The summed E-state index contributed by atoms with van der Waals surface area (Å²) in [5.41, 5.74) is 1.84. The van der Waals surface area contributed by atoms with Crippen molar-refractivity contribution in [1.82, 2.24) is 14.4 Å². The number of hydrogen-bond acceptors (Lipinski definition) is 4. The van der Waals surface area contributed by atoms with Gasteiger partial charge in [-0.3, -0.25) is 14.5 Å². The number of benzene rings is 1. The highest BCUT2D eigenvalue weighted by atomic mass is 16.5. The minimum absolute atomic E-state index is 0.0814. The molecule has 6 nitrogen and oxygen atoms in total. The summed E-state index contributed by atoms with van der Waals surface area (Å²) in [4.78, 5) is 28.5. The average molecular weight is 381 g/mol. The quantitative estimate of drug-likeness (QED) is 0.767. The van der Waals surface area contributed by atoms with E-state index >= 15 is 0 Å². The molecule has 1 aromatic heterocycles. The first-order valence-electron chi connectivity index (χ1n) is 9.55. The van der Waals surface area contributed by atoms with Gasteiger partial charge >= 0.3 is 0 Å². The zero-order valence-electron chi connectivity index (χ0n) is 16.5. The number of ether oxygens (including phenoxy) is 1. The summed E-state index contributed by atoms with van der Waals surface area (Å²) in [6.45, 7) is 5.62. The van der Waals surface area contributed by atoms with Gasteiger partial charge in [0.1, 0.15) is 0 Å². The van der Waals surface area contributed by atoms with Gasteiger partial charge in [0, 0.05) is 57.7 Å². The molecule has 1 aliphatic rings. The number of aryl methyl sites for hydroxylation is 2. The lowest BCUT2D eigenvalue weighted by Gasteiger charge is -2.34. The summed E-state index contributed by atoms with van der Waals surface area (Å²) in [5.74, 6) is 0.133. The fourth-order valence-electron chi connectivity index (χ4n) is 3.13. The third-order valence-electron chi connectivity index (χ3n) is 5.00. The van der Waals surface area contributed by atoms with Gasteiger partial charge in [0.05, 0.1) is 0 Å². The molecule has 1 amide bonds. The van der Waals surface area contributed by atoms with E-state index in [9.17, 15) is 9.59 Å². The fourth-order valence-corrected chi connectivity index (χ4v) is 3.13. The predicted molar refractivity (Wildman–Crippen MR) is 110 cm³/mol. The lowest BCUT2D eigenvalue weighted by atomic mass is 10.2.